The van der Waals surface area contributed by atoms with Gasteiger partial charge in [-0.15, -0.1) is 11.3 Å². The molecular weight excluding hydrogens is 488 g/mol. The fourth-order valence-corrected chi connectivity index (χ4v) is 5.95. The van der Waals surface area contributed by atoms with Crippen LogP contribution in [-0.2, 0) is 0 Å². The van der Waals surface area contributed by atoms with Crippen molar-refractivity contribution in [1.82, 2.24) is 9.88 Å². The van der Waals surface area contributed by atoms with E-state index in [0.717, 1.165) is 17.4 Å². The maximum absolute atomic E-state index is 13.7. The number of fused-ring (bicyclic) bond motifs is 1. The van der Waals surface area contributed by atoms with Gasteiger partial charge in [0.05, 0.1) is 27.4 Å². The van der Waals surface area contributed by atoms with E-state index in [0.29, 0.717) is 47.2 Å². The van der Waals surface area contributed by atoms with Gasteiger partial charge in [-0.05, 0) is 55.7 Å². The standard InChI is InChI=1S/C29H28N2O5S/c1-17-7-5-8-19-20(16-37-28(17)19)26-24(35-3)13-11-21(30-26)27(32)22-9-6-14-31(22)29(33)18-10-12-23(34-2)25(15-18)36-4/h5,7-8,10-13,15-16,22H,6,9,14H2,1-4H3. The Kier molecular flexibility index (Phi) is 6.84. The summed E-state index contributed by atoms with van der Waals surface area (Å²) in [6, 6.07) is 14.1. The molecule has 5 rings (SSSR count). The number of carbonyl (C=O) groups is 2. The average molecular weight is 517 g/mol. The summed E-state index contributed by atoms with van der Waals surface area (Å²) in [5.41, 5.74) is 3.51. The topological polar surface area (TPSA) is 78.0 Å². The van der Waals surface area contributed by atoms with Crippen LogP contribution in [0.15, 0.2) is 53.9 Å². The van der Waals surface area contributed by atoms with E-state index < -0.39 is 6.04 Å². The summed E-state index contributed by atoms with van der Waals surface area (Å²) >= 11 is 1.65. The summed E-state index contributed by atoms with van der Waals surface area (Å²) in [6.07, 6.45) is 1.33. The molecule has 1 atom stereocenters. The van der Waals surface area contributed by atoms with Gasteiger partial charge in [-0.1, -0.05) is 18.2 Å². The third kappa shape index (κ3) is 4.42. The van der Waals surface area contributed by atoms with Crippen molar-refractivity contribution < 1.29 is 23.8 Å². The molecule has 0 saturated carbocycles. The van der Waals surface area contributed by atoms with E-state index >= 15 is 0 Å². The molecular formula is C29H28N2O5S. The first-order chi connectivity index (χ1) is 18.0. The van der Waals surface area contributed by atoms with Gasteiger partial charge in [0.2, 0.25) is 5.78 Å². The normalized spacial score (nSPS) is 15.1. The molecule has 1 unspecified atom stereocenters. The number of ketones is 1. The molecule has 0 N–H and O–H groups in total. The monoisotopic (exact) mass is 516 g/mol. The van der Waals surface area contributed by atoms with Crippen molar-refractivity contribution in [1.29, 1.82) is 0 Å². The van der Waals surface area contributed by atoms with Gasteiger partial charge in [0.25, 0.3) is 5.91 Å². The Morgan fingerprint density at radius 3 is 2.49 bits per heavy atom. The quantitative estimate of drug-likeness (QED) is 0.290. The number of ether oxygens (including phenoxy) is 3. The van der Waals surface area contributed by atoms with Gasteiger partial charge < -0.3 is 19.1 Å². The molecule has 4 aromatic rings. The van der Waals surface area contributed by atoms with Crippen LogP contribution >= 0.6 is 11.3 Å². The fourth-order valence-electron chi connectivity index (χ4n) is 4.92. The summed E-state index contributed by atoms with van der Waals surface area (Å²) in [4.78, 5) is 33.6. The summed E-state index contributed by atoms with van der Waals surface area (Å²) < 4.78 is 17.4. The van der Waals surface area contributed by atoms with Crippen molar-refractivity contribution in [3.8, 4) is 28.5 Å². The molecule has 2 aromatic carbocycles. The number of rotatable bonds is 7. The van der Waals surface area contributed by atoms with Gasteiger partial charge in [-0.25, -0.2) is 4.98 Å². The van der Waals surface area contributed by atoms with Gasteiger partial charge in [0.1, 0.15) is 17.1 Å². The van der Waals surface area contributed by atoms with Gasteiger partial charge in [-0.3, -0.25) is 9.59 Å². The molecule has 1 saturated heterocycles. The molecule has 8 heteroatoms. The highest BCUT2D eigenvalue weighted by Gasteiger charge is 2.36. The SMILES string of the molecule is COc1ccc(C(=O)N2CCCC2C(=O)c2ccc(OC)c(-c3csc4c(C)cccc34)n2)cc1OC. The number of benzene rings is 2. The second-order valence-electron chi connectivity index (χ2n) is 8.94. The predicted molar refractivity (Wildman–Crippen MR) is 144 cm³/mol. The molecule has 2 aromatic heterocycles. The maximum Gasteiger partial charge on any atom is 0.254 e. The second-order valence-corrected chi connectivity index (χ2v) is 9.82. The van der Waals surface area contributed by atoms with E-state index in [-0.39, 0.29) is 11.7 Å². The highest BCUT2D eigenvalue weighted by Crippen LogP contribution is 2.39. The Balaban J connectivity index is 1.48. The van der Waals surface area contributed by atoms with E-state index in [1.54, 1.807) is 60.8 Å². The first-order valence-corrected chi connectivity index (χ1v) is 12.9. The van der Waals surface area contributed by atoms with Gasteiger partial charge in [0, 0.05) is 33.1 Å². The minimum absolute atomic E-state index is 0.175. The van der Waals surface area contributed by atoms with Gasteiger partial charge >= 0.3 is 0 Å². The van der Waals surface area contributed by atoms with Crippen LogP contribution in [0.25, 0.3) is 21.3 Å². The molecule has 190 valence electrons. The summed E-state index contributed by atoms with van der Waals surface area (Å²) in [5, 5.41) is 3.13. The number of Topliss-reactive ketones (excluding diaryl/α,β-unsaturated/α-hetero) is 1. The van der Waals surface area contributed by atoms with Crippen LogP contribution in [-0.4, -0.2) is 55.5 Å². The Hall–Kier alpha value is -3.91. The molecule has 1 aliphatic heterocycles. The van der Waals surface area contributed by atoms with Gasteiger partial charge in [-0.2, -0.15) is 0 Å². The Morgan fingerprint density at radius 2 is 1.73 bits per heavy atom. The zero-order chi connectivity index (χ0) is 26.1. The first kappa shape index (κ1) is 24.8. The molecule has 37 heavy (non-hydrogen) atoms. The minimum Gasteiger partial charge on any atom is -0.494 e. The van der Waals surface area contributed by atoms with Crippen molar-refractivity contribution in [3.63, 3.8) is 0 Å². The van der Waals surface area contributed by atoms with E-state index in [9.17, 15) is 9.59 Å². The summed E-state index contributed by atoms with van der Waals surface area (Å²) in [7, 11) is 4.67. The lowest BCUT2D eigenvalue weighted by atomic mass is 10.0. The largest absolute Gasteiger partial charge is 0.494 e. The predicted octanol–water partition coefficient (Wildman–Crippen LogP) is 5.79. The number of aromatic nitrogens is 1. The summed E-state index contributed by atoms with van der Waals surface area (Å²) in [6.45, 7) is 2.58. The maximum atomic E-state index is 13.7. The first-order valence-electron chi connectivity index (χ1n) is 12.1. The van der Waals surface area contributed by atoms with Crippen molar-refractivity contribution in [2.24, 2.45) is 0 Å². The molecule has 1 aliphatic rings. The smallest absolute Gasteiger partial charge is 0.254 e. The molecule has 0 aliphatic carbocycles. The summed E-state index contributed by atoms with van der Waals surface area (Å²) in [5.74, 6) is 1.22. The number of hydrogen-bond donors (Lipinski definition) is 0. The Bertz CT molecular complexity index is 1500. The zero-order valence-electron chi connectivity index (χ0n) is 21.2. The van der Waals surface area contributed by atoms with Crippen LogP contribution in [0.5, 0.6) is 17.2 Å². The number of hydrogen-bond acceptors (Lipinski definition) is 7. The number of thiophene rings is 1. The molecule has 3 heterocycles. The molecule has 1 fully saturated rings. The fraction of sp³-hybridized carbons (Fsp3) is 0.276. The second kappa shape index (κ2) is 10.2. The number of methoxy groups -OCH3 is 3. The van der Waals surface area contributed by atoms with Crippen molar-refractivity contribution in [2.75, 3.05) is 27.9 Å². The van der Waals surface area contributed by atoms with E-state index in [4.69, 9.17) is 19.2 Å². The van der Waals surface area contributed by atoms with Crippen molar-refractivity contribution in [2.45, 2.75) is 25.8 Å². The lowest BCUT2D eigenvalue weighted by Crippen LogP contribution is -2.40. The highest BCUT2D eigenvalue weighted by molar-refractivity contribution is 7.18. The number of carbonyl (C=O) groups excluding carboxylic acids is 2. The van der Waals surface area contributed by atoms with Crippen LogP contribution in [0.4, 0.5) is 0 Å². The van der Waals surface area contributed by atoms with E-state index in [2.05, 4.69) is 24.4 Å². The van der Waals surface area contributed by atoms with E-state index in [1.165, 1.54) is 17.4 Å². The van der Waals surface area contributed by atoms with Gasteiger partial charge in [0.15, 0.2) is 11.5 Å². The molecule has 0 radical (unpaired) electrons. The molecule has 7 nitrogen and oxygen atoms in total. The van der Waals surface area contributed by atoms with Crippen LogP contribution in [0.3, 0.4) is 0 Å². The third-order valence-electron chi connectivity index (χ3n) is 6.83. The van der Waals surface area contributed by atoms with Crippen LogP contribution < -0.4 is 14.2 Å². The van der Waals surface area contributed by atoms with Crippen LogP contribution in [0.2, 0.25) is 0 Å². The average Bonchev–Trinajstić information content (AvgIpc) is 3.60. The Morgan fingerprint density at radius 1 is 0.973 bits per heavy atom. The molecule has 0 spiro atoms. The lowest BCUT2D eigenvalue weighted by Gasteiger charge is -2.24. The van der Waals surface area contributed by atoms with E-state index in [1.807, 2.05) is 6.07 Å². The van der Waals surface area contributed by atoms with Crippen molar-refractivity contribution >= 4 is 33.1 Å². The number of aryl methyl sites for hydroxylation is 1. The highest BCUT2D eigenvalue weighted by atomic mass is 32.1. The van der Waals surface area contributed by atoms with Crippen LogP contribution in [0, 0.1) is 6.92 Å². The molecule has 1 amide bonds. The third-order valence-corrected chi connectivity index (χ3v) is 7.96. The number of pyridine rings is 1. The lowest BCUT2D eigenvalue weighted by molar-refractivity contribution is 0.0669. The number of nitrogens with zero attached hydrogens (tertiary/aromatic N) is 2. The number of likely N-dealkylation sites (tertiary alicyclic amines) is 1. The number of amides is 1. The van der Waals surface area contributed by atoms with Crippen molar-refractivity contribution in [3.05, 3.63) is 70.7 Å². The Labute approximate surface area is 219 Å². The molecule has 0 bridgehead atoms. The minimum atomic E-state index is -0.587. The zero-order valence-corrected chi connectivity index (χ0v) is 22.1. The van der Waals surface area contributed by atoms with Crippen LogP contribution in [0.1, 0.15) is 39.3 Å².